The van der Waals surface area contributed by atoms with Gasteiger partial charge in [-0.05, 0) is 44.0 Å². The molecule has 6 heteroatoms. The van der Waals surface area contributed by atoms with E-state index in [1.165, 1.54) is 0 Å². The molecule has 25 heavy (non-hydrogen) atoms. The number of carbonyl (C=O) groups is 2. The zero-order valence-corrected chi connectivity index (χ0v) is 14.4. The fraction of sp³-hybridized carbons (Fsp3) is 0.368. The van der Waals surface area contributed by atoms with Crippen LogP contribution in [0.3, 0.4) is 0 Å². The predicted molar refractivity (Wildman–Crippen MR) is 95.0 cm³/mol. The van der Waals surface area contributed by atoms with Crippen LogP contribution in [0, 0.1) is 6.92 Å². The average Bonchev–Trinajstić information content (AvgIpc) is 3.04. The molecule has 1 aromatic carbocycles. The van der Waals surface area contributed by atoms with Crippen LogP contribution in [0.25, 0.3) is 11.3 Å². The molecule has 1 aliphatic rings. The summed E-state index contributed by atoms with van der Waals surface area (Å²) in [5.74, 6) is 0.105. The van der Waals surface area contributed by atoms with Crippen LogP contribution in [-0.2, 0) is 4.79 Å². The SMILES string of the molecule is Cc1ccc(-c2cccc(C(=O)NCCCN3CCCC3=O)c2)nn1. The van der Waals surface area contributed by atoms with Crippen LogP contribution >= 0.6 is 0 Å². The fourth-order valence-electron chi connectivity index (χ4n) is 2.89. The molecule has 0 unspecified atom stereocenters. The van der Waals surface area contributed by atoms with Crippen molar-refractivity contribution in [2.45, 2.75) is 26.2 Å². The molecule has 1 saturated heterocycles. The maximum atomic E-state index is 12.3. The molecule has 0 bridgehead atoms. The van der Waals surface area contributed by atoms with Gasteiger partial charge in [0.15, 0.2) is 0 Å². The first-order valence-corrected chi connectivity index (χ1v) is 8.60. The van der Waals surface area contributed by atoms with Gasteiger partial charge in [-0.1, -0.05) is 12.1 Å². The molecule has 3 rings (SSSR count). The van der Waals surface area contributed by atoms with Gasteiger partial charge in [0, 0.05) is 37.2 Å². The summed E-state index contributed by atoms with van der Waals surface area (Å²) in [4.78, 5) is 25.7. The van der Waals surface area contributed by atoms with E-state index < -0.39 is 0 Å². The molecule has 1 fully saturated rings. The summed E-state index contributed by atoms with van der Waals surface area (Å²) in [6.07, 6.45) is 2.36. The van der Waals surface area contributed by atoms with Crippen LogP contribution in [0.2, 0.25) is 0 Å². The largest absolute Gasteiger partial charge is 0.352 e. The molecule has 6 nitrogen and oxygen atoms in total. The third kappa shape index (κ3) is 4.41. The summed E-state index contributed by atoms with van der Waals surface area (Å²) in [7, 11) is 0. The van der Waals surface area contributed by atoms with Gasteiger partial charge < -0.3 is 10.2 Å². The summed E-state index contributed by atoms with van der Waals surface area (Å²) in [6, 6.07) is 11.1. The number of benzene rings is 1. The van der Waals surface area contributed by atoms with Gasteiger partial charge in [-0.25, -0.2) is 0 Å². The molecule has 1 aromatic heterocycles. The number of nitrogens with zero attached hydrogens (tertiary/aromatic N) is 3. The summed E-state index contributed by atoms with van der Waals surface area (Å²) in [5, 5.41) is 11.1. The molecule has 2 aromatic rings. The van der Waals surface area contributed by atoms with Gasteiger partial charge in [0.1, 0.15) is 0 Å². The van der Waals surface area contributed by atoms with Crippen LogP contribution < -0.4 is 5.32 Å². The smallest absolute Gasteiger partial charge is 0.251 e. The Labute approximate surface area is 147 Å². The van der Waals surface area contributed by atoms with Gasteiger partial charge in [0.05, 0.1) is 11.4 Å². The monoisotopic (exact) mass is 338 g/mol. The number of hydrogen-bond donors (Lipinski definition) is 1. The van der Waals surface area contributed by atoms with Crippen molar-refractivity contribution in [1.29, 1.82) is 0 Å². The number of nitrogens with one attached hydrogen (secondary N) is 1. The minimum absolute atomic E-state index is 0.116. The van der Waals surface area contributed by atoms with E-state index in [0.29, 0.717) is 25.1 Å². The minimum Gasteiger partial charge on any atom is -0.352 e. The van der Waals surface area contributed by atoms with E-state index >= 15 is 0 Å². The zero-order chi connectivity index (χ0) is 17.6. The van der Waals surface area contributed by atoms with Gasteiger partial charge in [-0.3, -0.25) is 9.59 Å². The first-order valence-electron chi connectivity index (χ1n) is 8.60. The number of amides is 2. The third-order valence-corrected chi connectivity index (χ3v) is 4.28. The third-order valence-electron chi connectivity index (χ3n) is 4.28. The van der Waals surface area contributed by atoms with Gasteiger partial charge in [0.2, 0.25) is 5.91 Å². The first kappa shape index (κ1) is 17.1. The maximum absolute atomic E-state index is 12.3. The molecule has 130 valence electrons. The van der Waals surface area contributed by atoms with E-state index in [0.717, 1.165) is 36.3 Å². The number of aromatic nitrogens is 2. The van der Waals surface area contributed by atoms with Crippen LogP contribution in [0.15, 0.2) is 36.4 Å². The van der Waals surface area contributed by atoms with Gasteiger partial charge in [0.25, 0.3) is 5.91 Å². The van der Waals surface area contributed by atoms with Gasteiger partial charge >= 0.3 is 0 Å². The normalized spacial score (nSPS) is 14.0. The molecule has 2 heterocycles. The molecule has 0 radical (unpaired) electrons. The highest BCUT2D eigenvalue weighted by molar-refractivity contribution is 5.95. The van der Waals surface area contributed by atoms with Crippen molar-refractivity contribution in [3.63, 3.8) is 0 Å². The molecular weight excluding hydrogens is 316 g/mol. The molecule has 0 spiro atoms. The fourth-order valence-corrected chi connectivity index (χ4v) is 2.89. The summed E-state index contributed by atoms with van der Waals surface area (Å²) >= 11 is 0. The lowest BCUT2D eigenvalue weighted by Gasteiger charge is -2.15. The highest BCUT2D eigenvalue weighted by Crippen LogP contribution is 2.17. The average molecular weight is 338 g/mol. The summed E-state index contributed by atoms with van der Waals surface area (Å²) < 4.78 is 0. The predicted octanol–water partition coefficient (Wildman–Crippen LogP) is 2.19. The molecule has 2 amide bonds. The maximum Gasteiger partial charge on any atom is 0.251 e. The van der Waals surface area contributed by atoms with Crippen molar-refractivity contribution >= 4 is 11.8 Å². The molecule has 0 aliphatic carbocycles. The molecule has 1 N–H and O–H groups in total. The van der Waals surface area contributed by atoms with E-state index in [1.807, 2.05) is 42.2 Å². The lowest BCUT2D eigenvalue weighted by Crippen LogP contribution is -2.30. The second-order valence-corrected chi connectivity index (χ2v) is 6.23. The quantitative estimate of drug-likeness (QED) is 0.819. The molecular formula is C19H22N4O2. The van der Waals surface area contributed by atoms with E-state index in [1.54, 1.807) is 6.07 Å². The van der Waals surface area contributed by atoms with E-state index in [4.69, 9.17) is 0 Å². The Morgan fingerprint density at radius 3 is 2.84 bits per heavy atom. The van der Waals surface area contributed by atoms with Crippen LogP contribution in [0.1, 0.15) is 35.3 Å². The van der Waals surface area contributed by atoms with Crippen LogP contribution in [0.4, 0.5) is 0 Å². The van der Waals surface area contributed by atoms with Crippen molar-refractivity contribution in [1.82, 2.24) is 20.4 Å². The zero-order valence-electron chi connectivity index (χ0n) is 14.4. The Morgan fingerprint density at radius 2 is 2.12 bits per heavy atom. The van der Waals surface area contributed by atoms with Gasteiger partial charge in [-0.2, -0.15) is 10.2 Å². The standard InChI is InChI=1S/C19H22N4O2/c1-14-8-9-17(22-21-14)15-5-2-6-16(13-15)19(25)20-10-4-12-23-11-3-7-18(23)24/h2,5-6,8-9,13H,3-4,7,10-12H2,1H3,(H,20,25). The lowest BCUT2D eigenvalue weighted by molar-refractivity contribution is -0.127. The Hall–Kier alpha value is -2.76. The first-order chi connectivity index (χ1) is 12.1. The second-order valence-electron chi connectivity index (χ2n) is 6.23. The van der Waals surface area contributed by atoms with Crippen molar-refractivity contribution in [2.24, 2.45) is 0 Å². The molecule has 0 atom stereocenters. The number of aryl methyl sites for hydroxylation is 1. The van der Waals surface area contributed by atoms with E-state index in [-0.39, 0.29) is 11.8 Å². The van der Waals surface area contributed by atoms with Crippen molar-refractivity contribution in [3.8, 4) is 11.3 Å². The van der Waals surface area contributed by atoms with Crippen LogP contribution in [0.5, 0.6) is 0 Å². The van der Waals surface area contributed by atoms with Gasteiger partial charge in [-0.15, -0.1) is 0 Å². The van der Waals surface area contributed by atoms with E-state index in [2.05, 4.69) is 15.5 Å². The highest BCUT2D eigenvalue weighted by Gasteiger charge is 2.19. The number of likely N-dealkylation sites (tertiary alicyclic amines) is 1. The highest BCUT2D eigenvalue weighted by atomic mass is 16.2. The minimum atomic E-state index is -0.116. The Morgan fingerprint density at radius 1 is 1.24 bits per heavy atom. The Kier molecular flexibility index (Phi) is 5.38. The number of carbonyl (C=O) groups excluding carboxylic acids is 2. The summed E-state index contributed by atoms with van der Waals surface area (Å²) in [6.45, 7) is 3.98. The van der Waals surface area contributed by atoms with E-state index in [9.17, 15) is 9.59 Å². The van der Waals surface area contributed by atoms with Crippen molar-refractivity contribution in [2.75, 3.05) is 19.6 Å². The Bertz CT molecular complexity index is 758. The van der Waals surface area contributed by atoms with Crippen molar-refractivity contribution < 1.29 is 9.59 Å². The number of hydrogen-bond acceptors (Lipinski definition) is 4. The number of rotatable bonds is 6. The van der Waals surface area contributed by atoms with Crippen molar-refractivity contribution in [3.05, 3.63) is 47.7 Å². The molecule has 1 aliphatic heterocycles. The molecule has 0 saturated carbocycles. The topological polar surface area (TPSA) is 75.2 Å². The van der Waals surface area contributed by atoms with Crippen LogP contribution in [-0.4, -0.2) is 46.5 Å². The Balaban J connectivity index is 1.54. The summed E-state index contributed by atoms with van der Waals surface area (Å²) in [5.41, 5.74) is 3.06. The lowest BCUT2D eigenvalue weighted by atomic mass is 10.1. The second kappa shape index (κ2) is 7.88.